The third-order valence-electron chi connectivity index (χ3n) is 7.19. The van der Waals surface area contributed by atoms with E-state index in [4.69, 9.17) is 9.52 Å². The van der Waals surface area contributed by atoms with Crippen LogP contribution in [-0.2, 0) is 17.4 Å². The Bertz CT molecular complexity index is 1040. The topological polar surface area (TPSA) is 83.6 Å². The molecule has 1 aliphatic carbocycles. The van der Waals surface area contributed by atoms with E-state index in [9.17, 15) is 22.8 Å². The van der Waals surface area contributed by atoms with E-state index in [1.165, 1.54) is 0 Å². The van der Waals surface area contributed by atoms with Gasteiger partial charge in [0.05, 0.1) is 0 Å². The highest BCUT2D eigenvalue weighted by Gasteiger charge is 2.42. The minimum Gasteiger partial charge on any atom is -0.481 e. The molecular formula is C26H31F3N2O4. The number of carboxylic acid groups (broad SMARTS) is 1. The first-order valence-corrected chi connectivity index (χ1v) is 12.3. The number of piperidine rings is 1. The van der Waals surface area contributed by atoms with E-state index in [1.54, 1.807) is 17.0 Å². The number of oxazole rings is 1. The van der Waals surface area contributed by atoms with Gasteiger partial charge in [-0.25, -0.2) is 0 Å². The van der Waals surface area contributed by atoms with Gasteiger partial charge in [-0.05, 0) is 67.4 Å². The van der Waals surface area contributed by atoms with Gasteiger partial charge in [0, 0.05) is 25.9 Å². The van der Waals surface area contributed by atoms with Crippen LogP contribution in [-0.4, -0.2) is 34.9 Å². The number of Topliss-reactive ketones (excluding diaryl/α,β-unsaturated/α-hetero) is 1. The number of carboxylic acids is 1. The Morgan fingerprint density at radius 2 is 1.80 bits per heavy atom. The summed E-state index contributed by atoms with van der Waals surface area (Å²) in [5.74, 6) is -1.39. The summed E-state index contributed by atoms with van der Waals surface area (Å²) in [4.78, 5) is 29.1. The van der Waals surface area contributed by atoms with Crippen LogP contribution >= 0.6 is 0 Å². The number of aliphatic carboxylic acids is 1. The second-order valence-corrected chi connectivity index (χ2v) is 10.0. The summed E-state index contributed by atoms with van der Waals surface area (Å²) < 4.78 is 46.3. The van der Waals surface area contributed by atoms with Gasteiger partial charge in [0.15, 0.2) is 5.69 Å². The Balaban J connectivity index is 1.43. The lowest BCUT2D eigenvalue weighted by atomic mass is 9.77. The fraction of sp³-hybridized carbons (Fsp3) is 0.577. The van der Waals surface area contributed by atoms with Crippen LogP contribution in [0.2, 0.25) is 0 Å². The van der Waals surface area contributed by atoms with Crippen LogP contribution in [0.3, 0.4) is 0 Å². The minimum atomic E-state index is -4.78. The number of alkyl halides is 3. The molecule has 2 aliphatic rings. The van der Waals surface area contributed by atoms with Crippen molar-refractivity contribution in [1.82, 2.24) is 4.98 Å². The van der Waals surface area contributed by atoms with Crippen molar-refractivity contribution in [3.8, 4) is 0 Å². The number of hydrogen-bond donors (Lipinski definition) is 1. The quantitative estimate of drug-likeness (QED) is 0.470. The third kappa shape index (κ3) is 6.24. The predicted molar refractivity (Wildman–Crippen MR) is 124 cm³/mol. The fourth-order valence-corrected chi connectivity index (χ4v) is 5.31. The van der Waals surface area contributed by atoms with E-state index >= 15 is 0 Å². The first-order valence-electron chi connectivity index (χ1n) is 12.3. The number of nitrogens with zero attached hydrogens (tertiary/aromatic N) is 2. The van der Waals surface area contributed by atoms with Crippen LogP contribution in [0.15, 0.2) is 28.7 Å². The number of anilines is 1. The molecule has 2 fully saturated rings. The molecule has 0 amide bonds. The van der Waals surface area contributed by atoms with Crippen molar-refractivity contribution in [3.63, 3.8) is 0 Å². The normalized spacial score (nSPS) is 23.3. The van der Waals surface area contributed by atoms with Crippen molar-refractivity contribution in [2.75, 3.05) is 18.0 Å². The maximum Gasteiger partial charge on any atom is 0.437 e. The number of rotatable bonds is 7. The molecule has 2 heterocycles. The van der Waals surface area contributed by atoms with E-state index in [0.29, 0.717) is 30.5 Å². The van der Waals surface area contributed by atoms with Crippen LogP contribution in [0.1, 0.15) is 85.2 Å². The number of halogens is 3. The van der Waals surface area contributed by atoms with E-state index in [-0.39, 0.29) is 24.8 Å². The molecule has 2 aromatic rings. The summed E-state index contributed by atoms with van der Waals surface area (Å²) in [5.41, 5.74) is 0.452. The summed E-state index contributed by atoms with van der Waals surface area (Å²) in [6.45, 7) is 3.12. The second kappa shape index (κ2) is 10.4. The van der Waals surface area contributed by atoms with Crippen molar-refractivity contribution < 1.29 is 32.3 Å². The summed E-state index contributed by atoms with van der Waals surface area (Å²) in [6, 6.07) is 7.23. The Morgan fingerprint density at radius 1 is 1.11 bits per heavy atom. The Morgan fingerprint density at radius 3 is 2.40 bits per heavy atom. The number of carbonyl (C=O) groups excluding carboxylic acids is 1. The molecule has 0 radical (unpaired) electrons. The van der Waals surface area contributed by atoms with Gasteiger partial charge in [-0.1, -0.05) is 31.2 Å². The van der Waals surface area contributed by atoms with Gasteiger partial charge in [-0.2, -0.15) is 18.2 Å². The maximum absolute atomic E-state index is 13.6. The minimum absolute atomic E-state index is 0.138. The molecule has 0 bridgehead atoms. The predicted octanol–water partition coefficient (Wildman–Crippen LogP) is 6.10. The number of hydrogen-bond acceptors (Lipinski definition) is 5. The van der Waals surface area contributed by atoms with Crippen LogP contribution in [0.5, 0.6) is 0 Å². The zero-order valence-corrected chi connectivity index (χ0v) is 19.8. The monoisotopic (exact) mass is 492 g/mol. The standard InChI is InChI=1S/C26H31F3N2O4/c1-16-3-2-12-31(15-16)25-30-24(26(27,28)29)23(35-25)21(32)13-17-4-8-19(9-5-17)20-10-6-18(7-11-20)14-22(33)34/h4-5,8-9,16,18,20H,2-3,6-7,10-15H2,1H3,(H,33,34). The molecule has 1 saturated heterocycles. The molecule has 4 rings (SSSR count). The molecule has 190 valence electrons. The van der Waals surface area contributed by atoms with Crippen molar-refractivity contribution in [3.05, 3.63) is 46.8 Å². The smallest absolute Gasteiger partial charge is 0.437 e. The van der Waals surface area contributed by atoms with Crippen molar-refractivity contribution in [2.24, 2.45) is 11.8 Å². The van der Waals surface area contributed by atoms with Crippen molar-refractivity contribution in [1.29, 1.82) is 0 Å². The molecule has 1 aromatic carbocycles. The SMILES string of the molecule is CC1CCCN(c2nc(C(F)(F)F)c(C(=O)Cc3ccc(C4CCC(CC(=O)O)CC4)cc3)o2)C1. The highest BCUT2D eigenvalue weighted by Crippen LogP contribution is 2.38. The molecule has 1 atom stereocenters. The number of carbonyl (C=O) groups is 2. The molecule has 35 heavy (non-hydrogen) atoms. The zero-order chi connectivity index (χ0) is 25.2. The summed E-state index contributed by atoms with van der Waals surface area (Å²) in [6.07, 6.45) is 0.575. The van der Waals surface area contributed by atoms with E-state index in [1.807, 2.05) is 19.1 Å². The second-order valence-electron chi connectivity index (χ2n) is 10.0. The van der Waals surface area contributed by atoms with Crippen LogP contribution < -0.4 is 4.90 Å². The highest BCUT2D eigenvalue weighted by atomic mass is 19.4. The molecule has 1 aromatic heterocycles. The zero-order valence-electron chi connectivity index (χ0n) is 19.8. The lowest BCUT2D eigenvalue weighted by Gasteiger charge is -2.29. The molecule has 1 aliphatic heterocycles. The first-order chi connectivity index (χ1) is 16.6. The van der Waals surface area contributed by atoms with Crippen molar-refractivity contribution in [2.45, 2.75) is 70.4 Å². The third-order valence-corrected chi connectivity index (χ3v) is 7.19. The maximum atomic E-state index is 13.6. The largest absolute Gasteiger partial charge is 0.481 e. The average molecular weight is 493 g/mol. The van der Waals surface area contributed by atoms with E-state index < -0.39 is 29.4 Å². The van der Waals surface area contributed by atoms with Gasteiger partial charge in [0.1, 0.15) is 0 Å². The van der Waals surface area contributed by atoms with Gasteiger partial charge >= 0.3 is 12.1 Å². The molecule has 1 saturated carbocycles. The van der Waals surface area contributed by atoms with Gasteiger partial charge in [0.25, 0.3) is 6.01 Å². The molecule has 9 heteroatoms. The Kier molecular flexibility index (Phi) is 7.52. The molecule has 1 unspecified atom stereocenters. The molecule has 1 N–H and O–H groups in total. The van der Waals surface area contributed by atoms with Crippen LogP contribution in [0.4, 0.5) is 19.2 Å². The van der Waals surface area contributed by atoms with Crippen LogP contribution in [0.25, 0.3) is 0 Å². The van der Waals surface area contributed by atoms with Gasteiger partial charge in [-0.15, -0.1) is 0 Å². The lowest BCUT2D eigenvalue weighted by molar-refractivity contribution is -0.141. The number of ketones is 1. The lowest BCUT2D eigenvalue weighted by Crippen LogP contribution is -2.34. The summed E-state index contributed by atoms with van der Waals surface area (Å²) in [7, 11) is 0. The van der Waals surface area contributed by atoms with E-state index in [2.05, 4.69) is 4.98 Å². The highest BCUT2D eigenvalue weighted by molar-refractivity contribution is 5.96. The summed E-state index contributed by atoms with van der Waals surface area (Å²) >= 11 is 0. The van der Waals surface area contributed by atoms with E-state index in [0.717, 1.165) is 44.1 Å². The Hall–Kier alpha value is -2.84. The van der Waals surface area contributed by atoms with Crippen LogP contribution in [0, 0.1) is 11.8 Å². The van der Waals surface area contributed by atoms with Crippen molar-refractivity contribution >= 4 is 17.8 Å². The fourth-order valence-electron chi connectivity index (χ4n) is 5.31. The first kappa shape index (κ1) is 25.3. The Labute approximate surface area is 202 Å². The molecule has 0 spiro atoms. The number of benzene rings is 1. The molecular weight excluding hydrogens is 461 g/mol. The van der Waals surface area contributed by atoms with Gasteiger partial charge in [-0.3, -0.25) is 9.59 Å². The van der Waals surface area contributed by atoms with Gasteiger partial charge < -0.3 is 14.4 Å². The number of aromatic nitrogens is 1. The summed E-state index contributed by atoms with van der Waals surface area (Å²) in [5, 5.41) is 8.97. The average Bonchev–Trinajstić information content (AvgIpc) is 3.26. The molecule has 6 nitrogen and oxygen atoms in total. The van der Waals surface area contributed by atoms with Gasteiger partial charge in [0.2, 0.25) is 11.5 Å².